The predicted octanol–water partition coefficient (Wildman–Crippen LogP) is 5.08. The van der Waals surface area contributed by atoms with Crippen molar-refractivity contribution in [1.29, 1.82) is 0 Å². The fourth-order valence-corrected chi connectivity index (χ4v) is 6.00. The van der Waals surface area contributed by atoms with Crippen LogP contribution in [0.25, 0.3) is 0 Å². The molecule has 5 rings (SSSR count). The van der Waals surface area contributed by atoms with Gasteiger partial charge >= 0.3 is 21.6 Å². The van der Waals surface area contributed by atoms with E-state index in [9.17, 15) is 26.4 Å². The average Bonchev–Trinajstić information content (AvgIpc) is 2.95. The molecule has 2 saturated heterocycles. The number of halogens is 3. The molecule has 2 heterocycles. The molecule has 8 nitrogen and oxygen atoms in total. The SMILES string of the molecule is O=C(O[C@@H]1[C@@H](OS(=O)(=O)C(F)(F)F)[C@H]2O[C@@H](c3ccccc3)OC[C@H]2O[C@H]1Sc1ccccc1)c1ccccc1. The molecule has 212 valence electrons. The van der Waals surface area contributed by atoms with Crippen molar-refractivity contribution in [3.8, 4) is 0 Å². The highest BCUT2D eigenvalue weighted by molar-refractivity contribution is 7.99. The van der Waals surface area contributed by atoms with E-state index < -0.39 is 57.7 Å². The summed E-state index contributed by atoms with van der Waals surface area (Å²) < 4.78 is 93.5. The van der Waals surface area contributed by atoms with Crippen LogP contribution in [0.5, 0.6) is 0 Å². The molecule has 0 radical (unpaired) electrons. The van der Waals surface area contributed by atoms with Gasteiger partial charge in [0.25, 0.3) is 0 Å². The number of thioether (sulfide) groups is 1. The van der Waals surface area contributed by atoms with Crippen molar-refractivity contribution >= 4 is 27.8 Å². The van der Waals surface area contributed by atoms with Crippen LogP contribution >= 0.6 is 11.8 Å². The second-order valence-electron chi connectivity index (χ2n) is 8.85. The Balaban J connectivity index is 1.53. The van der Waals surface area contributed by atoms with Gasteiger partial charge in [-0.2, -0.15) is 21.6 Å². The van der Waals surface area contributed by atoms with Gasteiger partial charge in [-0.05, 0) is 24.3 Å². The minimum Gasteiger partial charge on any atom is -0.452 e. The number of ether oxygens (including phenoxy) is 4. The number of hydrogen-bond donors (Lipinski definition) is 0. The minimum atomic E-state index is -6.14. The van der Waals surface area contributed by atoms with Gasteiger partial charge in [0.05, 0.1) is 12.2 Å². The quantitative estimate of drug-likeness (QED) is 0.210. The molecule has 0 amide bonds. The first kappa shape index (κ1) is 28.6. The third-order valence-corrected chi connectivity index (χ3v) is 8.32. The standard InChI is InChI=1S/C27H23F3O8S2/c28-27(29,30)40(32,33)38-22-21-20(16-34-25(37-21)18-12-6-2-7-13-18)35-26(39-19-14-8-3-9-15-19)23(22)36-24(31)17-10-4-1-5-11-17/h1-15,20-23,25-26H,16H2/t20-,21+,22+,23-,25+,26+/m1/s1. The molecule has 2 aliphatic heterocycles. The fourth-order valence-electron chi connectivity index (χ4n) is 4.26. The van der Waals surface area contributed by atoms with E-state index in [1.165, 1.54) is 12.1 Å². The Morgan fingerprint density at radius 1 is 0.850 bits per heavy atom. The van der Waals surface area contributed by atoms with Crippen molar-refractivity contribution in [2.24, 2.45) is 0 Å². The molecule has 2 aliphatic rings. The highest BCUT2D eigenvalue weighted by Crippen LogP contribution is 2.42. The first-order valence-electron chi connectivity index (χ1n) is 12.1. The van der Waals surface area contributed by atoms with E-state index in [1.54, 1.807) is 78.9 Å². The molecule has 3 aromatic rings. The van der Waals surface area contributed by atoms with Crippen LogP contribution in [0.2, 0.25) is 0 Å². The van der Waals surface area contributed by atoms with Gasteiger partial charge < -0.3 is 18.9 Å². The van der Waals surface area contributed by atoms with Crippen LogP contribution in [0.4, 0.5) is 13.2 Å². The summed E-state index contributed by atoms with van der Waals surface area (Å²) in [4.78, 5) is 13.7. The fraction of sp³-hybridized carbons (Fsp3) is 0.296. The van der Waals surface area contributed by atoms with E-state index in [4.69, 9.17) is 23.1 Å². The predicted molar refractivity (Wildman–Crippen MR) is 136 cm³/mol. The molecule has 40 heavy (non-hydrogen) atoms. The molecule has 0 aliphatic carbocycles. The molecule has 3 aromatic carbocycles. The van der Waals surface area contributed by atoms with Gasteiger partial charge in [-0.1, -0.05) is 78.5 Å². The van der Waals surface area contributed by atoms with Crippen molar-refractivity contribution in [1.82, 2.24) is 0 Å². The van der Waals surface area contributed by atoms with Crippen LogP contribution in [-0.2, 0) is 33.2 Å². The Morgan fingerprint density at radius 2 is 1.45 bits per heavy atom. The van der Waals surface area contributed by atoms with Crippen molar-refractivity contribution in [2.75, 3.05) is 6.61 Å². The molecule has 0 spiro atoms. The third-order valence-electron chi connectivity index (χ3n) is 6.12. The molecule has 2 fully saturated rings. The average molecular weight is 597 g/mol. The lowest BCUT2D eigenvalue weighted by molar-refractivity contribution is -0.314. The molecule has 0 N–H and O–H groups in total. The maximum atomic E-state index is 13.5. The largest absolute Gasteiger partial charge is 0.523 e. The Hall–Kier alpha value is -2.94. The van der Waals surface area contributed by atoms with Crippen LogP contribution in [0, 0.1) is 0 Å². The molecule has 0 bridgehead atoms. The molecule has 0 saturated carbocycles. The van der Waals surface area contributed by atoms with Crippen molar-refractivity contribution in [2.45, 2.75) is 46.5 Å². The van der Waals surface area contributed by atoms with Crippen LogP contribution in [0.3, 0.4) is 0 Å². The third kappa shape index (κ3) is 6.35. The van der Waals surface area contributed by atoms with Gasteiger partial charge in [0, 0.05) is 10.5 Å². The monoisotopic (exact) mass is 596 g/mol. The van der Waals surface area contributed by atoms with Crippen molar-refractivity contribution in [3.05, 3.63) is 102 Å². The highest BCUT2D eigenvalue weighted by Gasteiger charge is 2.58. The number of benzene rings is 3. The van der Waals surface area contributed by atoms with Gasteiger partial charge in [0.2, 0.25) is 0 Å². The summed E-state index contributed by atoms with van der Waals surface area (Å²) in [7, 11) is -6.14. The molecule has 6 atom stereocenters. The zero-order chi connectivity index (χ0) is 28.3. The van der Waals surface area contributed by atoms with Gasteiger partial charge in [-0.25, -0.2) is 4.79 Å². The van der Waals surface area contributed by atoms with Gasteiger partial charge in [-0.3, -0.25) is 4.18 Å². The van der Waals surface area contributed by atoms with Gasteiger partial charge in [-0.15, -0.1) is 0 Å². The van der Waals surface area contributed by atoms with Crippen LogP contribution in [0.1, 0.15) is 22.2 Å². The van der Waals surface area contributed by atoms with E-state index in [0.29, 0.717) is 10.5 Å². The summed E-state index contributed by atoms with van der Waals surface area (Å²) in [6.45, 7) is -0.151. The second-order valence-corrected chi connectivity index (χ2v) is 11.6. The maximum absolute atomic E-state index is 13.5. The van der Waals surface area contributed by atoms with E-state index in [2.05, 4.69) is 0 Å². The van der Waals surface area contributed by atoms with Crippen molar-refractivity contribution < 1.29 is 49.5 Å². The molecular formula is C27H23F3O8S2. The number of alkyl halides is 3. The summed E-state index contributed by atoms with van der Waals surface area (Å²) in [5, 5.41) is 0. The van der Waals surface area contributed by atoms with Gasteiger partial charge in [0.1, 0.15) is 23.7 Å². The van der Waals surface area contributed by atoms with E-state index in [-0.39, 0.29) is 12.2 Å². The number of fused-ring (bicyclic) bond motifs is 1. The maximum Gasteiger partial charge on any atom is 0.523 e. The molecular weight excluding hydrogens is 573 g/mol. The summed E-state index contributed by atoms with van der Waals surface area (Å²) >= 11 is 1.03. The lowest BCUT2D eigenvalue weighted by atomic mass is 9.98. The number of hydrogen-bond acceptors (Lipinski definition) is 9. The van der Waals surface area contributed by atoms with E-state index in [0.717, 1.165) is 11.8 Å². The number of carbonyl (C=O) groups excluding carboxylic acids is 1. The normalized spacial score (nSPS) is 27.0. The molecule has 0 unspecified atom stereocenters. The molecule has 0 aromatic heterocycles. The highest BCUT2D eigenvalue weighted by atomic mass is 32.2. The summed E-state index contributed by atoms with van der Waals surface area (Å²) in [5.74, 6) is -0.906. The number of esters is 1. The summed E-state index contributed by atoms with van der Waals surface area (Å²) in [6, 6.07) is 24.9. The Labute approximate surface area is 232 Å². The van der Waals surface area contributed by atoms with Crippen molar-refractivity contribution in [3.63, 3.8) is 0 Å². The minimum absolute atomic E-state index is 0.0978. The lowest BCUT2D eigenvalue weighted by Crippen LogP contribution is -2.63. The number of rotatable bonds is 7. The summed E-state index contributed by atoms with van der Waals surface area (Å²) in [5.41, 5.74) is -6.27. The second kappa shape index (κ2) is 11.9. The topological polar surface area (TPSA) is 97.4 Å². The molecule has 13 heteroatoms. The van der Waals surface area contributed by atoms with Crippen LogP contribution in [-0.4, -0.2) is 56.4 Å². The van der Waals surface area contributed by atoms with Gasteiger partial charge in [0.15, 0.2) is 12.4 Å². The first-order chi connectivity index (χ1) is 19.1. The first-order valence-corrected chi connectivity index (χ1v) is 14.4. The van der Waals surface area contributed by atoms with Crippen LogP contribution in [0.15, 0.2) is 95.9 Å². The summed E-state index contributed by atoms with van der Waals surface area (Å²) in [6.07, 6.45) is -7.06. The lowest BCUT2D eigenvalue weighted by Gasteiger charge is -2.48. The Kier molecular flexibility index (Phi) is 8.50. The zero-order valence-electron chi connectivity index (χ0n) is 20.5. The van der Waals surface area contributed by atoms with E-state index in [1.807, 2.05) is 0 Å². The smallest absolute Gasteiger partial charge is 0.452 e. The number of carbonyl (C=O) groups is 1. The Bertz CT molecular complexity index is 1390. The van der Waals surface area contributed by atoms with E-state index >= 15 is 0 Å². The Morgan fingerprint density at radius 3 is 2.08 bits per heavy atom. The zero-order valence-corrected chi connectivity index (χ0v) is 22.2. The van der Waals surface area contributed by atoms with Crippen LogP contribution < -0.4 is 0 Å².